The molecule has 1 aromatic carbocycles. The van der Waals surface area contributed by atoms with E-state index in [0.29, 0.717) is 14.2 Å². The Bertz CT molecular complexity index is 803. The van der Waals surface area contributed by atoms with Crippen LogP contribution in [0.1, 0.15) is 5.56 Å². The van der Waals surface area contributed by atoms with E-state index in [1.54, 1.807) is 24.3 Å². The van der Waals surface area contributed by atoms with Gasteiger partial charge < -0.3 is 0 Å². The van der Waals surface area contributed by atoms with Gasteiger partial charge in [-0.15, -0.1) is 11.3 Å². The molecule has 0 aliphatic carbocycles. The summed E-state index contributed by atoms with van der Waals surface area (Å²) in [5, 5.41) is 9.11. The second-order valence-electron chi connectivity index (χ2n) is 3.72. The van der Waals surface area contributed by atoms with E-state index in [1.807, 2.05) is 0 Å². The molecule has 0 N–H and O–H groups in total. The van der Waals surface area contributed by atoms with Gasteiger partial charge in [0.1, 0.15) is 15.3 Å². The summed E-state index contributed by atoms with van der Waals surface area (Å²) in [4.78, 5) is -0.315. The monoisotopic (exact) mass is 343 g/mol. The highest BCUT2D eigenvalue weighted by Gasteiger charge is 2.21. The minimum atomic E-state index is -3.85. The highest BCUT2D eigenvalue weighted by atomic mass is 35.5. The number of hydrogen-bond acceptors (Lipinski definition) is 4. The van der Waals surface area contributed by atoms with Crippen LogP contribution >= 0.6 is 34.5 Å². The van der Waals surface area contributed by atoms with Crippen LogP contribution in [0.25, 0.3) is 6.08 Å². The van der Waals surface area contributed by atoms with Gasteiger partial charge >= 0.3 is 0 Å². The molecule has 1 heterocycles. The lowest BCUT2D eigenvalue weighted by atomic mass is 10.3. The Morgan fingerprint density at radius 1 is 1.25 bits per heavy atom. The van der Waals surface area contributed by atoms with Crippen molar-refractivity contribution in [3.05, 3.63) is 55.5 Å². The molecule has 0 unspecified atom stereocenters. The van der Waals surface area contributed by atoms with Crippen LogP contribution in [0.2, 0.25) is 8.67 Å². The summed E-state index contributed by atoms with van der Waals surface area (Å²) >= 11 is 12.8. The molecule has 0 aliphatic heterocycles. The summed E-state index contributed by atoms with van der Waals surface area (Å²) in [6.45, 7) is 0. The van der Waals surface area contributed by atoms with Gasteiger partial charge in [-0.3, -0.25) is 0 Å². The van der Waals surface area contributed by atoms with Gasteiger partial charge in [0, 0.05) is 5.56 Å². The van der Waals surface area contributed by atoms with Gasteiger partial charge in [-0.25, -0.2) is 8.42 Å². The number of thiophene rings is 1. The Morgan fingerprint density at radius 2 is 1.90 bits per heavy atom. The minimum absolute atomic E-state index is 0.0604. The number of rotatable bonds is 3. The van der Waals surface area contributed by atoms with Crippen molar-refractivity contribution in [2.75, 3.05) is 0 Å². The fourth-order valence-electron chi connectivity index (χ4n) is 1.49. The van der Waals surface area contributed by atoms with Gasteiger partial charge in [-0.2, -0.15) is 5.26 Å². The molecule has 3 nitrogen and oxygen atoms in total. The number of hydrogen-bond donors (Lipinski definition) is 0. The fourth-order valence-corrected chi connectivity index (χ4v) is 4.08. The Hall–Kier alpha value is -1.32. The van der Waals surface area contributed by atoms with Gasteiger partial charge in [-0.1, -0.05) is 41.4 Å². The van der Waals surface area contributed by atoms with Gasteiger partial charge in [0.2, 0.25) is 9.84 Å². The average Bonchev–Trinajstić information content (AvgIpc) is 2.75. The molecule has 0 amide bonds. The Balaban J connectivity index is 2.54. The molecule has 2 aromatic rings. The van der Waals surface area contributed by atoms with Crippen molar-refractivity contribution in [3.8, 4) is 6.07 Å². The van der Waals surface area contributed by atoms with Crippen LogP contribution in [0.15, 0.2) is 46.2 Å². The Labute approximate surface area is 130 Å². The smallest absolute Gasteiger partial charge is 0.216 e. The lowest BCUT2D eigenvalue weighted by molar-refractivity contribution is 0.603. The lowest BCUT2D eigenvalue weighted by Gasteiger charge is -2.02. The normalized spacial score (nSPS) is 12.2. The van der Waals surface area contributed by atoms with Gasteiger partial charge in [0.15, 0.2) is 0 Å². The van der Waals surface area contributed by atoms with Gasteiger partial charge in [0.05, 0.1) is 9.23 Å². The molecule has 1 aromatic heterocycles. The summed E-state index contributed by atoms with van der Waals surface area (Å²) in [6, 6.07) is 11.0. The van der Waals surface area contributed by atoms with E-state index in [1.165, 1.54) is 24.3 Å². The third-order valence-electron chi connectivity index (χ3n) is 2.42. The summed E-state index contributed by atoms with van der Waals surface area (Å²) in [5.74, 6) is 0. The molecule has 0 aliphatic rings. The van der Waals surface area contributed by atoms with Crippen LogP contribution in [-0.4, -0.2) is 8.42 Å². The van der Waals surface area contributed by atoms with Crippen LogP contribution < -0.4 is 0 Å². The zero-order valence-corrected chi connectivity index (χ0v) is 13.0. The van der Waals surface area contributed by atoms with E-state index < -0.39 is 9.84 Å². The molecule has 0 saturated heterocycles. The van der Waals surface area contributed by atoms with E-state index in [9.17, 15) is 8.42 Å². The number of nitriles is 1. The molecule has 102 valence electrons. The summed E-state index contributed by atoms with van der Waals surface area (Å²) < 4.78 is 25.4. The maximum absolute atomic E-state index is 12.3. The largest absolute Gasteiger partial charge is 0.218 e. The first kappa shape index (κ1) is 15.1. The lowest BCUT2D eigenvalue weighted by Crippen LogP contribution is -2.03. The third-order valence-corrected chi connectivity index (χ3v) is 5.62. The van der Waals surface area contributed by atoms with Crippen LogP contribution in [0.3, 0.4) is 0 Å². The van der Waals surface area contributed by atoms with E-state index in [-0.39, 0.29) is 9.80 Å². The van der Waals surface area contributed by atoms with E-state index >= 15 is 0 Å². The summed E-state index contributed by atoms with van der Waals surface area (Å²) in [7, 11) is -3.85. The van der Waals surface area contributed by atoms with Crippen molar-refractivity contribution in [2.45, 2.75) is 4.90 Å². The second-order valence-corrected chi connectivity index (χ2v) is 7.92. The molecular weight excluding hydrogens is 337 g/mol. The SMILES string of the molecule is N#CC(=Cc1cc(Cl)sc1Cl)S(=O)(=O)c1ccccc1. The van der Waals surface area contributed by atoms with Crippen molar-refractivity contribution in [1.29, 1.82) is 5.26 Å². The topological polar surface area (TPSA) is 57.9 Å². The third kappa shape index (κ3) is 3.05. The number of nitrogens with zero attached hydrogens (tertiary/aromatic N) is 1. The Morgan fingerprint density at radius 3 is 2.40 bits per heavy atom. The van der Waals surface area contributed by atoms with Crippen molar-refractivity contribution in [1.82, 2.24) is 0 Å². The molecule has 0 spiro atoms. The summed E-state index contributed by atoms with van der Waals surface area (Å²) in [6.07, 6.45) is 1.23. The highest BCUT2D eigenvalue weighted by molar-refractivity contribution is 7.95. The van der Waals surface area contributed by atoms with E-state index in [2.05, 4.69) is 0 Å². The number of halogens is 2. The second kappa shape index (κ2) is 5.98. The first-order chi connectivity index (χ1) is 9.45. The molecule has 0 saturated carbocycles. The Kier molecular flexibility index (Phi) is 4.51. The molecule has 0 bridgehead atoms. The number of benzene rings is 1. The summed E-state index contributed by atoms with van der Waals surface area (Å²) in [5.41, 5.74) is 0.415. The van der Waals surface area contributed by atoms with Crippen LogP contribution in [0, 0.1) is 11.3 Å². The first-order valence-corrected chi connectivity index (χ1v) is 8.37. The van der Waals surface area contributed by atoms with Gasteiger partial charge in [-0.05, 0) is 24.3 Å². The predicted octanol–water partition coefficient (Wildman–Crippen LogP) is 4.39. The van der Waals surface area contributed by atoms with Crippen LogP contribution in [0.4, 0.5) is 0 Å². The predicted molar refractivity (Wildman–Crippen MR) is 81.6 cm³/mol. The standard InChI is InChI=1S/C13H7Cl2NO2S2/c14-12-7-9(13(15)19-12)6-11(8-16)20(17,18)10-4-2-1-3-5-10/h1-7H. The van der Waals surface area contributed by atoms with Crippen molar-refractivity contribution < 1.29 is 8.42 Å². The maximum Gasteiger partial charge on any atom is 0.216 e. The van der Waals surface area contributed by atoms with Crippen LogP contribution in [-0.2, 0) is 9.84 Å². The number of allylic oxidation sites excluding steroid dienone is 1. The molecule has 20 heavy (non-hydrogen) atoms. The molecule has 0 radical (unpaired) electrons. The minimum Gasteiger partial charge on any atom is -0.218 e. The zero-order chi connectivity index (χ0) is 14.8. The van der Waals surface area contributed by atoms with E-state index in [4.69, 9.17) is 28.5 Å². The molecule has 0 atom stereocenters. The first-order valence-electron chi connectivity index (χ1n) is 5.32. The zero-order valence-electron chi connectivity index (χ0n) is 9.88. The molecular formula is C13H7Cl2NO2S2. The fraction of sp³-hybridized carbons (Fsp3) is 0. The average molecular weight is 344 g/mol. The molecule has 0 fully saturated rings. The van der Waals surface area contributed by atoms with Crippen LogP contribution in [0.5, 0.6) is 0 Å². The van der Waals surface area contributed by atoms with Crippen molar-refractivity contribution in [3.63, 3.8) is 0 Å². The van der Waals surface area contributed by atoms with Crippen molar-refractivity contribution >= 4 is 50.5 Å². The highest BCUT2D eigenvalue weighted by Crippen LogP contribution is 2.33. The quantitative estimate of drug-likeness (QED) is 0.776. The van der Waals surface area contributed by atoms with Gasteiger partial charge in [0.25, 0.3) is 0 Å². The maximum atomic E-state index is 12.3. The molecule has 2 rings (SSSR count). The van der Waals surface area contributed by atoms with E-state index in [0.717, 1.165) is 11.3 Å². The van der Waals surface area contributed by atoms with Crippen molar-refractivity contribution in [2.24, 2.45) is 0 Å². The molecule has 7 heteroatoms. The number of sulfone groups is 1.